The molecule has 2 nitrogen and oxygen atoms in total. The summed E-state index contributed by atoms with van der Waals surface area (Å²) in [5.41, 5.74) is 0.732. The van der Waals surface area contributed by atoms with Gasteiger partial charge in [0.2, 0.25) is 0 Å². The van der Waals surface area contributed by atoms with Gasteiger partial charge in [0.05, 0.1) is 0 Å². The third-order valence-corrected chi connectivity index (χ3v) is 3.70. The second-order valence-electron chi connectivity index (χ2n) is 4.21. The molecule has 0 heterocycles. The lowest BCUT2D eigenvalue weighted by Gasteiger charge is -2.02. The Morgan fingerprint density at radius 2 is 1.68 bits per heavy atom. The molecular formula is C16H24O2S. The topological polar surface area (TPSA) is 34.1 Å². The van der Waals surface area contributed by atoms with Crippen LogP contribution in [0.15, 0.2) is 42.3 Å². The summed E-state index contributed by atoms with van der Waals surface area (Å²) in [6, 6.07) is 7.10. The maximum atomic E-state index is 11.8. The minimum Gasteiger partial charge on any atom is -0.294 e. The molecule has 1 aromatic rings. The van der Waals surface area contributed by atoms with Crippen molar-refractivity contribution < 1.29 is 9.00 Å². The monoisotopic (exact) mass is 280 g/mol. The van der Waals surface area contributed by atoms with E-state index in [1.165, 1.54) is 12.8 Å². The third-order valence-electron chi connectivity index (χ3n) is 2.77. The van der Waals surface area contributed by atoms with Crippen molar-refractivity contribution in [1.29, 1.82) is 0 Å². The number of rotatable bonds is 7. The lowest BCUT2D eigenvalue weighted by molar-refractivity contribution is 0.0979. The maximum Gasteiger partial charge on any atom is 0.162 e. The Labute approximate surface area is 119 Å². The van der Waals surface area contributed by atoms with Crippen LogP contribution in [-0.4, -0.2) is 16.2 Å². The van der Waals surface area contributed by atoms with Crippen molar-refractivity contribution >= 4 is 16.6 Å². The molecule has 106 valence electrons. The van der Waals surface area contributed by atoms with E-state index in [-0.39, 0.29) is 5.78 Å². The first kappa shape index (κ1) is 17.8. The zero-order valence-electron chi connectivity index (χ0n) is 12.0. The van der Waals surface area contributed by atoms with Crippen LogP contribution in [0.25, 0.3) is 0 Å². The van der Waals surface area contributed by atoms with Crippen molar-refractivity contribution in [3.05, 3.63) is 43.0 Å². The number of hydrogen-bond acceptors (Lipinski definition) is 2. The molecule has 1 unspecified atom stereocenters. The van der Waals surface area contributed by atoms with Gasteiger partial charge in [-0.3, -0.25) is 9.00 Å². The Bertz CT molecular complexity index is 396. The minimum absolute atomic E-state index is 0.189. The van der Waals surface area contributed by atoms with Gasteiger partial charge in [0, 0.05) is 33.9 Å². The quantitative estimate of drug-likeness (QED) is 0.422. The summed E-state index contributed by atoms with van der Waals surface area (Å²) in [4.78, 5) is 12.6. The molecule has 1 aromatic carbocycles. The van der Waals surface area contributed by atoms with Gasteiger partial charge in [-0.25, -0.2) is 0 Å². The summed E-state index contributed by atoms with van der Waals surface area (Å²) in [5, 5.41) is 0. The van der Waals surface area contributed by atoms with E-state index in [2.05, 4.69) is 20.1 Å². The molecule has 0 aliphatic heterocycles. The van der Waals surface area contributed by atoms with Crippen LogP contribution in [0.2, 0.25) is 0 Å². The van der Waals surface area contributed by atoms with E-state index < -0.39 is 10.8 Å². The number of unbranched alkanes of at least 4 members (excludes halogenated alkanes) is 3. The van der Waals surface area contributed by atoms with Crippen molar-refractivity contribution in [1.82, 2.24) is 0 Å². The van der Waals surface area contributed by atoms with Crippen LogP contribution in [0.3, 0.4) is 0 Å². The number of hydrogen-bond donors (Lipinski definition) is 0. The van der Waals surface area contributed by atoms with E-state index in [1.807, 2.05) is 0 Å². The van der Waals surface area contributed by atoms with E-state index >= 15 is 0 Å². The Morgan fingerprint density at radius 3 is 2.16 bits per heavy atom. The highest BCUT2D eigenvalue weighted by Crippen LogP contribution is 2.12. The highest BCUT2D eigenvalue weighted by atomic mass is 32.2. The smallest absolute Gasteiger partial charge is 0.162 e. The summed E-state index contributed by atoms with van der Waals surface area (Å²) < 4.78 is 11.2. The van der Waals surface area contributed by atoms with Crippen molar-refractivity contribution in [2.75, 3.05) is 6.26 Å². The zero-order valence-corrected chi connectivity index (χ0v) is 12.8. The van der Waals surface area contributed by atoms with Gasteiger partial charge in [-0.2, -0.15) is 0 Å². The van der Waals surface area contributed by atoms with E-state index in [0.29, 0.717) is 6.42 Å². The minimum atomic E-state index is -0.970. The van der Waals surface area contributed by atoms with Gasteiger partial charge >= 0.3 is 0 Å². The zero-order chi connectivity index (χ0) is 14.7. The fourth-order valence-electron chi connectivity index (χ4n) is 1.69. The normalized spacial score (nSPS) is 11.3. The first-order chi connectivity index (χ1) is 9.15. The first-order valence-electron chi connectivity index (χ1n) is 6.62. The van der Waals surface area contributed by atoms with Crippen LogP contribution in [0.5, 0.6) is 0 Å². The van der Waals surface area contributed by atoms with Crippen LogP contribution < -0.4 is 0 Å². The summed E-state index contributed by atoms with van der Waals surface area (Å²) in [5.74, 6) is 0.189. The lowest BCUT2D eigenvalue weighted by Crippen LogP contribution is -1.99. The van der Waals surface area contributed by atoms with Crippen molar-refractivity contribution in [3.8, 4) is 0 Å². The standard InChI is InChI=1S/C14H20O2S.C2H4/c1-3-4-5-6-7-14(15)12-8-10-13(11-9-12)17(2)16;1-2/h8-11H,3-7H2,1-2H3;1-2H2. The van der Waals surface area contributed by atoms with Gasteiger partial charge in [0.15, 0.2) is 5.78 Å². The van der Waals surface area contributed by atoms with Crippen molar-refractivity contribution in [2.24, 2.45) is 0 Å². The molecule has 0 bridgehead atoms. The molecule has 0 fully saturated rings. The summed E-state index contributed by atoms with van der Waals surface area (Å²) in [7, 11) is -0.970. The average molecular weight is 280 g/mol. The molecule has 0 aliphatic carbocycles. The van der Waals surface area contributed by atoms with Gasteiger partial charge in [-0.05, 0) is 18.6 Å². The molecular weight excluding hydrogens is 256 g/mol. The molecule has 0 aliphatic rings. The van der Waals surface area contributed by atoms with Gasteiger partial charge in [0.1, 0.15) is 0 Å². The van der Waals surface area contributed by atoms with Crippen LogP contribution in [-0.2, 0) is 10.8 Å². The van der Waals surface area contributed by atoms with Gasteiger partial charge in [-0.1, -0.05) is 38.3 Å². The number of carbonyl (C=O) groups excluding carboxylic acids is 1. The summed E-state index contributed by atoms with van der Waals surface area (Å²) in [6.45, 7) is 8.16. The molecule has 0 amide bonds. The van der Waals surface area contributed by atoms with Gasteiger partial charge in [-0.15, -0.1) is 13.2 Å². The fourth-order valence-corrected chi connectivity index (χ4v) is 2.21. The van der Waals surface area contributed by atoms with Gasteiger partial charge < -0.3 is 0 Å². The van der Waals surface area contributed by atoms with Crippen LogP contribution >= 0.6 is 0 Å². The second-order valence-corrected chi connectivity index (χ2v) is 5.59. The predicted octanol–water partition coefficient (Wildman–Crippen LogP) is 4.38. The summed E-state index contributed by atoms with van der Waals surface area (Å²) in [6.07, 6.45) is 6.73. The SMILES string of the molecule is C=C.CCCCCCC(=O)c1ccc(S(C)=O)cc1. The molecule has 0 radical (unpaired) electrons. The largest absolute Gasteiger partial charge is 0.294 e. The number of ketones is 1. The predicted molar refractivity (Wildman–Crippen MR) is 83.1 cm³/mol. The Kier molecular flexibility index (Phi) is 9.99. The highest BCUT2D eigenvalue weighted by molar-refractivity contribution is 7.84. The van der Waals surface area contributed by atoms with E-state index in [9.17, 15) is 9.00 Å². The molecule has 0 spiro atoms. The van der Waals surface area contributed by atoms with Crippen molar-refractivity contribution in [2.45, 2.75) is 43.9 Å². The Morgan fingerprint density at radius 1 is 1.11 bits per heavy atom. The Hall–Kier alpha value is -1.22. The van der Waals surface area contributed by atoms with E-state index in [1.54, 1.807) is 30.5 Å². The molecule has 1 rings (SSSR count). The van der Waals surface area contributed by atoms with Crippen LogP contribution in [0.4, 0.5) is 0 Å². The average Bonchev–Trinajstić information content (AvgIpc) is 2.45. The Balaban J connectivity index is 0.00000154. The number of Topliss-reactive ketones (excluding diaryl/α,β-unsaturated/α-hetero) is 1. The molecule has 0 aromatic heterocycles. The molecule has 3 heteroatoms. The molecule has 0 saturated carbocycles. The van der Waals surface area contributed by atoms with E-state index in [0.717, 1.165) is 23.3 Å². The highest BCUT2D eigenvalue weighted by Gasteiger charge is 2.06. The summed E-state index contributed by atoms with van der Waals surface area (Å²) >= 11 is 0. The number of carbonyl (C=O) groups is 1. The lowest BCUT2D eigenvalue weighted by atomic mass is 10.0. The maximum absolute atomic E-state index is 11.8. The molecule has 0 saturated heterocycles. The molecule has 19 heavy (non-hydrogen) atoms. The van der Waals surface area contributed by atoms with E-state index in [4.69, 9.17) is 0 Å². The third kappa shape index (κ3) is 7.06. The van der Waals surface area contributed by atoms with Gasteiger partial charge in [0.25, 0.3) is 0 Å². The van der Waals surface area contributed by atoms with Crippen LogP contribution in [0, 0.1) is 0 Å². The van der Waals surface area contributed by atoms with Crippen molar-refractivity contribution in [3.63, 3.8) is 0 Å². The molecule has 1 atom stereocenters. The second kappa shape index (κ2) is 10.7. The number of benzene rings is 1. The molecule has 0 N–H and O–H groups in total. The first-order valence-corrected chi connectivity index (χ1v) is 8.17. The fraction of sp³-hybridized carbons (Fsp3) is 0.438. The van der Waals surface area contributed by atoms with Crippen LogP contribution in [0.1, 0.15) is 49.4 Å².